The molecule has 1 aromatic heterocycles. The standard InChI is InChI=1S/C26H16ClF3O5/c1-33-18-9-2-15(3-10-18)4-13-22(31)34-19-11-12-20-21(14-19)35-25(26(28,29)30)23(24(20)32)16-5-7-17(27)8-6-16/h2-14H,1H3/b13-4+. The summed E-state index contributed by atoms with van der Waals surface area (Å²) in [6.45, 7) is 0. The van der Waals surface area contributed by atoms with E-state index in [0.717, 1.165) is 12.1 Å². The molecule has 4 aromatic rings. The molecule has 0 N–H and O–H groups in total. The van der Waals surface area contributed by atoms with Gasteiger partial charge in [0.05, 0.1) is 18.1 Å². The van der Waals surface area contributed by atoms with Crippen LogP contribution in [0.4, 0.5) is 13.2 Å². The van der Waals surface area contributed by atoms with E-state index in [1.807, 2.05) is 0 Å². The maximum absolute atomic E-state index is 13.8. The van der Waals surface area contributed by atoms with Gasteiger partial charge >= 0.3 is 12.1 Å². The maximum atomic E-state index is 13.8. The zero-order valence-corrected chi connectivity index (χ0v) is 18.8. The Morgan fingerprint density at radius 1 is 0.971 bits per heavy atom. The van der Waals surface area contributed by atoms with E-state index in [4.69, 9.17) is 25.5 Å². The van der Waals surface area contributed by atoms with Crippen LogP contribution >= 0.6 is 11.6 Å². The van der Waals surface area contributed by atoms with Gasteiger partial charge in [0.1, 0.15) is 17.1 Å². The number of fused-ring (bicyclic) bond motifs is 1. The normalized spacial score (nSPS) is 11.7. The lowest BCUT2D eigenvalue weighted by molar-refractivity contribution is -0.152. The van der Waals surface area contributed by atoms with Crippen molar-refractivity contribution >= 4 is 34.6 Å². The molecule has 0 saturated carbocycles. The first-order valence-electron chi connectivity index (χ1n) is 10.1. The third-order valence-corrected chi connectivity index (χ3v) is 5.25. The van der Waals surface area contributed by atoms with Gasteiger partial charge < -0.3 is 13.9 Å². The van der Waals surface area contributed by atoms with Gasteiger partial charge in [0, 0.05) is 17.2 Å². The summed E-state index contributed by atoms with van der Waals surface area (Å²) in [5, 5.41) is 0.205. The molecular formula is C26H16ClF3O5. The van der Waals surface area contributed by atoms with Gasteiger partial charge in [-0.1, -0.05) is 35.9 Å². The van der Waals surface area contributed by atoms with Crippen LogP contribution in [0.25, 0.3) is 28.2 Å². The van der Waals surface area contributed by atoms with E-state index in [9.17, 15) is 22.8 Å². The summed E-state index contributed by atoms with van der Waals surface area (Å²) < 4.78 is 56.7. The number of ether oxygens (including phenoxy) is 2. The first kappa shape index (κ1) is 24.1. The SMILES string of the molecule is COc1ccc(/C=C/C(=O)Oc2ccc3c(=O)c(-c4ccc(Cl)cc4)c(C(F)(F)F)oc3c2)cc1. The third kappa shape index (κ3) is 5.38. The summed E-state index contributed by atoms with van der Waals surface area (Å²) in [6, 6.07) is 15.9. The number of carbonyl (C=O) groups excluding carboxylic acids is 1. The molecule has 0 radical (unpaired) electrons. The second-order valence-electron chi connectivity index (χ2n) is 7.33. The van der Waals surface area contributed by atoms with Crippen molar-refractivity contribution in [2.24, 2.45) is 0 Å². The van der Waals surface area contributed by atoms with Gasteiger partial charge in [0.25, 0.3) is 0 Å². The molecule has 1 heterocycles. The minimum atomic E-state index is -4.95. The maximum Gasteiger partial charge on any atom is 0.450 e. The van der Waals surface area contributed by atoms with Crippen LogP contribution in [0, 0.1) is 0 Å². The van der Waals surface area contributed by atoms with Crippen LogP contribution in [0.1, 0.15) is 11.3 Å². The number of esters is 1. The molecule has 0 bridgehead atoms. The summed E-state index contributed by atoms with van der Waals surface area (Å²) >= 11 is 5.82. The number of carbonyl (C=O) groups is 1. The molecule has 0 spiro atoms. The number of rotatable bonds is 5. The molecule has 9 heteroatoms. The molecule has 178 valence electrons. The van der Waals surface area contributed by atoms with Gasteiger partial charge in [-0.25, -0.2) is 4.79 Å². The van der Waals surface area contributed by atoms with Crippen molar-refractivity contribution in [3.63, 3.8) is 0 Å². The van der Waals surface area contributed by atoms with E-state index < -0.39 is 28.9 Å². The molecule has 0 aliphatic carbocycles. The van der Waals surface area contributed by atoms with Crippen LogP contribution in [0.3, 0.4) is 0 Å². The average Bonchev–Trinajstić information content (AvgIpc) is 2.83. The molecule has 35 heavy (non-hydrogen) atoms. The topological polar surface area (TPSA) is 65.7 Å². The molecule has 4 rings (SSSR count). The molecule has 0 aliphatic heterocycles. The Bertz CT molecular complexity index is 1470. The van der Waals surface area contributed by atoms with E-state index in [-0.39, 0.29) is 22.3 Å². The highest BCUT2D eigenvalue weighted by molar-refractivity contribution is 6.30. The summed E-state index contributed by atoms with van der Waals surface area (Å²) in [5.74, 6) is -1.66. The van der Waals surface area contributed by atoms with Crippen LogP contribution in [-0.4, -0.2) is 13.1 Å². The zero-order chi connectivity index (χ0) is 25.2. The van der Waals surface area contributed by atoms with Crippen molar-refractivity contribution in [3.05, 3.63) is 99.4 Å². The quantitative estimate of drug-likeness (QED) is 0.172. The van der Waals surface area contributed by atoms with Crippen molar-refractivity contribution in [2.75, 3.05) is 7.11 Å². The van der Waals surface area contributed by atoms with Crippen molar-refractivity contribution in [2.45, 2.75) is 6.18 Å². The monoisotopic (exact) mass is 500 g/mol. The zero-order valence-electron chi connectivity index (χ0n) is 18.1. The second-order valence-corrected chi connectivity index (χ2v) is 7.76. The van der Waals surface area contributed by atoms with Crippen LogP contribution in [-0.2, 0) is 11.0 Å². The fourth-order valence-corrected chi connectivity index (χ4v) is 3.47. The lowest BCUT2D eigenvalue weighted by Crippen LogP contribution is -2.16. The molecule has 0 aliphatic rings. The minimum absolute atomic E-state index is 0.0107. The number of methoxy groups -OCH3 is 1. The highest BCUT2D eigenvalue weighted by Crippen LogP contribution is 2.38. The Morgan fingerprint density at radius 3 is 2.26 bits per heavy atom. The number of halogens is 4. The largest absolute Gasteiger partial charge is 0.497 e. The summed E-state index contributed by atoms with van der Waals surface area (Å²) in [7, 11) is 1.53. The Labute approximate surface area is 202 Å². The predicted octanol–water partition coefficient (Wildman–Crippen LogP) is 6.76. The fourth-order valence-electron chi connectivity index (χ4n) is 3.34. The van der Waals surface area contributed by atoms with E-state index in [1.54, 1.807) is 24.3 Å². The summed E-state index contributed by atoms with van der Waals surface area (Å²) in [5.41, 5.74) is -1.16. The van der Waals surface area contributed by atoms with Gasteiger partial charge in [0.15, 0.2) is 0 Å². The molecule has 0 fully saturated rings. The number of hydrogen-bond donors (Lipinski definition) is 0. The average molecular weight is 501 g/mol. The van der Waals surface area contributed by atoms with Gasteiger partial charge in [-0.2, -0.15) is 13.2 Å². The Morgan fingerprint density at radius 2 is 1.63 bits per heavy atom. The molecule has 5 nitrogen and oxygen atoms in total. The van der Waals surface area contributed by atoms with E-state index >= 15 is 0 Å². The third-order valence-electron chi connectivity index (χ3n) is 5.00. The molecule has 0 atom stereocenters. The summed E-state index contributed by atoms with van der Waals surface area (Å²) in [6.07, 6.45) is -2.29. The first-order valence-corrected chi connectivity index (χ1v) is 10.5. The van der Waals surface area contributed by atoms with Crippen molar-refractivity contribution < 1.29 is 31.9 Å². The second kappa shape index (κ2) is 9.68. The van der Waals surface area contributed by atoms with E-state index in [0.29, 0.717) is 16.3 Å². The number of alkyl halides is 3. The Hall–Kier alpha value is -4.04. The Kier molecular flexibility index (Phi) is 6.66. The van der Waals surface area contributed by atoms with Crippen LogP contribution < -0.4 is 14.9 Å². The molecule has 3 aromatic carbocycles. The van der Waals surface area contributed by atoms with Crippen LogP contribution in [0.5, 0.6) is 11.5 Å². The highest BCUT2D eigenvalue weighted by atomic mass is 35.5. The van der Waals surface area contributed by atoms with Crippen LogP contribution in [0.15, 0.2) is 82.0 Å². The molecular weight excluding hydrogens is 485 g/mol. The van der Waals surface area contributed by atoms with Crippen molar-refractivity contribution in [1.82, 2.24) is 0 Å². The fraction of sp³-hybridized carbons (Fsp3) is 0.0769. The first-order chi connectivity index (χ1) is 16.7. The van der Waals surface area contributed by atoms with Crippen molar-refractivity contribution in [3.8, 4) is 22.6 Å². The smallest absolute Gasteiger partial charge is 0.450 e. The molecule has 0 unspecified atom stereocenters. The van der Waals surface area contributed by atoms with Gasteiger partial charge in [0.2, 0.25) is 11.2 Å². The predicted molar refractivity (Wildman–Crippen MR) is 126 cm³/mol. The van der Waals surface area contributed by atoms with Crippen molar-refractivity contribution in [1.29, 1.82) is 0 Å². The lowest BCUT2D eigenvalue weighted by atomic mass is 10.0. The van der Waals surface area contributed by atoms with E-state index in [2.05, 4.69) is 0 Å². The van der Waals surface area contributed by atoms with Gasteiger partial charge in [-0.3, -0.25) is 4.79 Å². The lowest BCUT2D eigenvalue weighted by Gasteiger charge is -2.13. The number of hydrogen-bond acceptors (Lipinski definition) is 5. The van der Waals surface area contributed by atoms with E-state index in [1.165, 1.54) is 49.6 Å². The van der Waals surface area contributed by atoms with Gasteiger partial charge in [-0.05, 0) is 53.6 Å². The number of benzene rings is 3. The molecule has 0 saturated heterocycles. The minimum Gasteiger partial charge on any atom is -0.497 e. The summed E-state index contributed by atoms with van der Waals surface area (Å²) in [4.78, 5) is 25.2. The van der Waals surface area contributed by atoms with Crippen LogP contribution in [0.2, 0.25) is 5.02 Å². The highest BCUT2D eigenvalue weighted by Gasteiger charge is 2.39. The molecule has 0 amide bonds. The van der Waals surface area contributed by atoms with Gasteiger partial charge in [-0.15, -0.1) is 0 Å². The Balaban J connectivity index is 1.67.